The molecule has 1 amide bonds. The van der Waals surface area contributed by atoms with Crippen LogP contribution in [0.15, 0.2) is 18.3 Å². The Kier molecular flexibility index (Phi) is 6.89. The summed E-state index contributed by atoms with van der Waals surface area (Å²) in [6.07, 6.45) is 3.74. The number of carbonyl (C=O) groups excluding carboxylic acids is 1. The molecule has 106 valence electrons. The molecule has 5 nitrogen and oxygen atoms in total. The van der Waals surface area contributed by atoms with E-state index in [4.69, 9.17) is 4.74 Å². The molecule has 5 heteroatoms. The average molecular weight is 265 g/mol. The summed E-state index contributed by atoms with van der Waals surface area (Å²) in [6, 6.07) is 3.88. The van der Waals surface area contributed by atoms with E-state index in [1.807, 2.05) is 13.0 Å². The van der Waals surface area contributed by atoms with Crippen LogP contribution in [0.2, 0.25) is 0 Å². The molecule has 0 aliphatic carbocycles. The second-order valence-electron chi connectivity index (χ2n) is 4.37. The van der Waals surface area contributed by atoms with Gasteiger partial charge in [-0.1, -0.05) is 13.3 Å². The van der Waals surface area contributed by atoms with E-state index in [-0.39, 0.29) is 11.9 Å². The SMILES string of the molecule is CCCC(COC)Nc1ccnc(C(=O)NCC)c1. The van der Waals surface area contributed by atoms with Crippen molar-refractivity contribution in [1.29, 1.82) is 0 Å². The first-order valence-corrected chi connectivity index (χ1v) is 6.71. The maximum atomic E-state index is 11.7. The minimum Gasteiger partial charge on any atom is -0.383 e. The second-order valence-corrected chi connectivity index (χ2v) is 4.37. The number of methoxy groups -OCH3 is 1. The van der Waals surface area contributed by atoms with Crippen molar-refractivity contribution in [3.8, 4) is 0 Å². The first-order valence-electron chi connectivity index (χ1n) is 6.71. The van der Waals surface area contributed by atoms with Crippen LogP contribution in [0.5, 0.6) is 0 Å². The number of anilines is 1. The molecule has 19 heavy (non-hydrogen) atoms. The lowest BCUT2D eigenvalue weighted by Crippen LogP contribution is -2.26. The first kappa shape index (κ1) is 15.4. The highest BCUT2D eigenvalue weighted by atomic mass is 16.5. The minimum absolute atomic E-state index is 0.148. The number of nitrogens with one attached hydrogen (secondary N) is 2. The summed E-state index contributed by atoms with van der Waals surface area (Å²) in [6.45, 7) is 5.26. The highest BCUT2D eigenvalue weighted by Gasteiger charge is 2.10. The summed E-state index contributed by atoms with van der Waals surface area (Å²) in [5.41, 5.74) is 1.33. The monoisotopic (exact) mass is 265 g/mol. The largest absolute Gasteiger partial charge is 0.383 e. The van der Waals surface area contributed by atoms with Gasteiger partial charge in [-0.05, 0) is 25.5 Å². The lowest BCUT2D eigenvalue weighted by atomic mass is 10.1. The average Bonchev–Trinajstić information content (AvgIpc) is 2.40. The minimum atomic E-state index is -0.148. The Bertz CT molecular complexity index is 390. The molecule has 0 saturated heterocycles. The molecular weight excluding hydrogens is 242 g/mol. The highest BCUT2D eigenvalue weighted by molar-refractivity contribution is 5.93. The second kappa shape index (κ2) is 8.48. The molecule has 0 aromatic carbocycles. The van der Waals surface area contributed by atoms with E-state index < -0.39 is 0 Å². The maximum absolute atomic E-state index is 11.7. The van der Waals surface area contributed by atoms with Gasteiger partial charge in [0.15, 0.2) is 0 Å². The number of carbonyl (C=O) groups is 1. The Morgan fingerprint density at radius 3 is 2.89 bits per heavy atom. The third-order valence-electron chi connectivity index (χ3n) is 2.71. The molecule has 2 N–H and O–H groups in total. The Morgan fingerprint density at radius 1 is 1.47 bits per heavy atom. The molecule has 0 aliphatic rings. The summed E-state index contributed by atoms with van der Waals surface area (Å²) >= 11 is 0. The van der Waals surface area contributed by atoms with E-state index in [1.54, 1.807) is 19.4 Å². The van der Waals surface area contributed by atoms with Crippen molar-refractivity contribution >= 4 is 11.6 Å². The van der Waals surface area contributed by atoms with Gasteiger partial charge in [0.25, 0.3) is 5.91 Å². The van der Waals surface area contributed by atoms with Gasteiger partial charge in [-0.2, -0.15) is 0 Å². The van der Waals surface area contributed by atoms with E-state index >= 15 is 0 Å². The predicted octanol–water partition coefficient (Wildman–Crippen LogP) is 2.06. The summed E-state index contributed by atoms with van der Waals surface area (Å²) < 4.78 is 5.19. The standard InChI is InChI=1S/C14H23N3O2/c1-4-6-12(10-19-3)17-11-7-8-16-13(9-11)14(18)15-5-2/h7-9,12H,4-6,10H2,1-3H3,(H,15,18)(H,16,17). The number of pyridine rings is 1. The van der Waals surface area contributed by atoms with Crippen LogP contribution in [0.4, 0.5) is 5.69 Å². The van der Waals surface area contributed by atoms with E-state index in [1.165, 1.54) is 0 Å². The van der Waals surface area contributed by atoms with E-state index in [2.05, 4.69) is 22.5 Å². The molecule has 0 saturated carbocycles. The molecule has 1 heterocycles. The summed E-state index contributed by atoms with van der Waals surface area (Å²) in [7, 11) is 1.69. The van der Waals surface area contributed by atoms with Gasteiger partial charge in [-0.3, -0.25) is 9.78 Å². The van der Waals surface area contributed by atoms with E-state index in [0.29, 0.717) is 18.8 Å². The predicted molar refractivity (Wildman–Crippen MR) is 76.4 cm³/mol. The van der Waals surface area contributed by atoms with Crippen LogP contribution in [0.25, 0.3) is 0 Å². The van der Waals surface area contributed by atoms with Crippen molar-refractivity contribution < 1.29 is 9.53 Å². The van der Waals surface area contributed by atoms with Crippen LogP contribution in [0.1, 0.15) is 37.2 Å². The van der Waals surface area contributed by atoms with Gasteiger partial charge in [-0.25, -0.2) is 0 Å². The highest BCUT2D eigenvalue weighted by Crippen LogP contribution is 2.12. The zero-order chi connectivity index (χ0) is 14.1. The van der Waals surface area contributed by atoms with Crippen molar-refractivity contribution in [3.05, 3.63) is 24.0 Å². The zero-order valence-corrected chi connectivity index (χ0v) is 11.9. The summed E-state index contributed by atoms with van der Waals surface area (Å²) in [5, 5.41) is 6.11. The van der Waals surface area contributed by atoms with Crippen LogP contribution in [-0.2, 0) is 4.74 Å². The van der Waals surface area contributed by atoms with E-state index in [9.17, 15) is 4.79 Å². The van der Waals surface area contributed by atoms with Crippen molar-refractivity contribution in [3.63, 3.8) is 0 Å². The molecule has 1 aromatic heterocycles. The first-order chi connectivity index (χ1) is 9.21. The quantitative estimate of drug-likeness (QED) is 0.755. The van der Waals surface area contributed by atoms with Gasteiger partial charge in [0, 0.05) is 31.6 Å². The number of ether oxygens (including phenoxy) is 1. The number of nitrogens with zero attached hydrogens (tertiary/aromatic N) is 1. The number of rotatable bonds is 8. The van der Waals surface area contributed by atoms with Crippen molar-refractivity contribution in [1.82, 2.24) is 10.3 Å². The Labute approximate surface area is 114 Å². The molecule has 0 fully saturated rings. The lowest BCUT2D eigenvalue weighted by molar-refractivity contribution is 0.0951. The van der Waals surface area contributed by atoms with Gasteiger partial charge in [0.05, 0.1) is 6.61 Å². The van der Waals surface area contributed by atoms with Gasteiger partial charge in [-0.15, -0.1) is 0 Å². The molecule has 0 aliphatic heterocycles. The zero-order valence-electron chi connectivity index (χ0n) is 11.9. The van der Waals surface area contributed by atoms with Gasteiger partial charge in [0.2, 0.25) is 0 Å². The normalized spacial score (nSPS) is 11.9. The van der Waals surface area contributed by atoms with Crippen molar-refractivity contribution in [2.45, 2.75) is 32.7 Å². The molecular formula is C14H23N3O2. The molecule has 1 rings (SSSR count). The van der Waals surface area contributed by atoms with Crippen LogP contribution < -0.4 is 10.6 Å². The van der Waals surface area contributed by atoms with Gasteiger partial charge < -0.3 is 15.4 Å². The smallest absolute Gasteiger partial charge is 0.269 e. The van der Waals surface area contributed by atoms with Gasteiger partial charge >= 0.3 is 0 Å². The van der Waals surface area contributed by atoms with Crippen molar-refractivity contribution in [2.24, 2.45) is 0 Å². The van der Waals surface area contributed by atoms with Crippen molar-refractivity contribution in [2.75, 3.05) is 25.6 Å². The number of hydrogen-bond acceptors (Lipinski definition) is 4. The fraction of sp³-hybridized carbons (Fsp3) is 0.571. The third-order valence-corrected chi connectivity index (χ3v) is 2.71. The van der Waals surface area contributed by atoms with Gasteiger partial charge in [0.1, 0.15) is 5.69 Å². The Morgan fingerprint density at radius 2 is 2.26 bits per heavy atom. The third kappa shape index (κ3) is 5.26. The number of amides is 1. The molecule has 0 bridgehead atoms. The summed E-state index contributed by atoms with van der Waals surface area (Å²) in [5.74, 6) is -0.148. The molecule has 1 atom stereocenters. The van der Waals surface area contributed by atoms with E-state index in [0.717, 1.165) is 18.5 Å². The topological polar surface area (TPSA) is 63.2 Å². The fourth-order valence-electron chi connectivity index (χ4n) is 1.88. The number of aromatic nitrogens is 1. The molecule has 0 spiro atoms. The Hall–Kier alpha value is -1.62. The fourth-order valence-corrected chi connectivity index (χ4v) is 1.88. The maximum Gasteiger partial charge on any atom is 0.269 e. The molecule has 0 radical (unpaired) electrons. The van der Waals surface area contributed by atoms with Crippen LogP contribution in [0.3, 0.4) is 0 Å². The Balaban J connectivity index is 2.72. The molecule has 1 aromatic rings. The molecule has 1 unspecified atom stereocenters. The summed E-state index contributed by atoms with van der Waals surface area (Å²) in [4.78, 5) is 15.8. The lowest BCUT2D eigenvalue weighted by Gasteiger charge is -2.18. The number of hydrogen-bond donors (Lipinski definition) is 2. The van der Waals surface area contributed by atoms with Crippen LogP contribution in [-0.4, -0.2) is 37.2 Å². The van der Waals surface area contributed by atoms with Crippen LogP contribution >= 0.6 is 0 Å². The van der Waals surface area contributed by atoms with Crippen LogP contribution in [0, 0.1) is 0 Å².